The Labute approximate surface area is 90.1 Å². The summed E-state index contributed by atoms with van der Waals surface area (Å²) in [5.74, 6) is 0.415. The van der Waals surface area contributed by atoms with E-state index in [1.807, 2.05) is 6.07 Å². The second-order valence-corrected chi connectivity index (χ2v) is 4.96. The van der Waals surface area contributed by atoms with Gasteiger partial charge in [-0.15, -0.1) is 0 Å². The minimum atomic E-state index is -0.222. The molecule has 0 radical (unpaired) electrons. The Morgan fingerprint density at radius 3 is 2.60 bits per heavy atom. The van der Waals surface area contributed by atoms with Crippen molar-refractivity contribution in [3.05, 3.63) is 28.8 Å². The minimum absolute atomic E-state index is 0.222. The fourth-order valence-corrected chi connectivity index (χ4v) is 3.02. The molecule has 0 saturated heterocycles. The summed E-state index contributed by atoms with van der Waals surface area (Å²) in [6.07, 6.45) is 6.70. The standard InChI is InChI=1S/C13H17NO/c14-13(7-2-8-13)12-10-4-1-3-9(10)5-6-11(12)15/h5-6,15H,1-4,7-8,14H2. The maximum atomic E-state index is 10.00. The van der Waals surface area contributed by atoms with Crippen LogP contribution in [0.4, 0.5) is 0 Å². The van der Waals surface area contributed by atoms with Gasteiger partial charge in [0.25, 0.3) is 0 Å². The Morgan fingerprint density at radius 1 is 1.13 bits per heavy atom. The molecule has 2 nitrogen and oxygen atoms in total. The second-order valence-electron chi connectivity index (χ2n) is 4.96. The molecule has 3 N–H and O–H groups in total. The normalized spacial score (nSPS) is 22.2. The van der Waals surface area contributed by atoms with Gasteiger partial charge in [0.2, 0.25) is 0 Å². The smallest absolute Gasteiger partial charge is 0.120 e. The van der Waals surface area contributed by atoms with E-state index in [1.165, 1.54) is 24.0 Å². The summed E-state index contributed by atoms with van der Waals surface area (Å²) >= 11 is 0. The average molecular weight is 203 g/mol. The van der Waals surface area contributed by atoms with Crippen LogP contribution >= 0.6 is 0 Å². The molecule has 1 aromatic carbocycles. The van der Waals surface area contributed by atoms with Gasteiger partial charge in [-0.25, -0.2) is 0 Å². The van der Waals surface area contributed by atoms with Crippen LogP contribution in [0.15, 0.2) is 12.1 Å². The molecule has 3 rings (SSSR count). The number of phenols is 1. The van der Waals surface area contributed by atoms with E-state index in [4.69, 9.17) is 5.73 Å². The molecule has 0 aromatic heterocycles. The van der Waals surface area contributed by atoms with Gasteiger partial charge >= 0.3 is 0 Å². The lowest BCUT2D eigenvalue weighted by molar-refractivity contribution is 0.244. The highest BCUT2D eigenvalue weighted by Crippen LogP contribution is 2.46. The molecular weight excluding hydrogens is 186 g/mol. The summed E-state index contributed by atoms with van der Waals surface area (Å²) in [5.41, 5.74) is 9.92. The van der Waals surface area contributed by atoms with Crippen molar-refractivity contribution < 1.29 is 5.11 Å². The molecule has 0 atom stereocenters. The van der Waals surface area contributed by atoms with Gasteiger partial charge in [0.15, 0.2) is 0 Å². The Balaban J connectivity index is 2.17. The zero-order valence-corrected chi connectivity index (χ0v) is 8.92. The number of phenolic OH excluding ortho intramolecular Hbond substituents is 1. The number of nitrogens with two attached hydrogens (primary N) is 1. The van der Waals surface area contributed by atoms with Crippen LogP contribution in [0, 0.1) is 0 Å². The number of aromatic hydroxyl groups is 1. The summed E-state index contributed by atoms with van der Waals surface area (Å²) in [7, 11) is 0. The number of rotatable bonds is 1. The number of hydrogen-bond donors (Lipinski definition) is 2. The second kappa shape index (κ2) is 2.99. The lowest BCUT2D eigenvalue weighted by Gasteiger charge is -2.40. The van der Waals surface area contributed by atoms with Gasteiger partial charge < -0.3 is 10.8 Å². The maximum Gasteiger partial charge on any atom is 0.120 e. The van der Waals surface area contributed by atoms with Crippen LogP contribution in [0.1, 0.15) is 42.4 Å². The number of benzene rings is 1. The Morgan fingerprint density at radius 2 is 1.93 bits per heavy atom. The van der Waals surface area contributed by atoms with Crippen molar-refractivity contribution in [2.75, 3.05) is 0 Å². The van der Waals surface area contributed by atoms with Crippen molar-refractivity contribution in [1.82, 2.24) is 0 Å². The van der Waals surface area contributed by atoms with Gasteiger partial charge in [-0.3, -0.25) is 0 Å². The van der Waals surface area contributed by atoms with Crippen molar-refractivity contribution >= 4 is 0 Å². The third kappa shape index (κ3) is 1.21. The molecule has 1 fully saturated rings. The Bertz CT molecular complexity index is 407. The van der Waals surface area contributed by atoms with Gasteiger partial charge in [0, 0.05) is 11.1 Å². The van der Waals surface area contributed by atoms with E-state index in [-0.39, 0.29) is 5.54 Å². The molecule has 2 heteroatoms. The van der Waals surface area contributed by atoms with Crippen LogP contribution in [-0.2, 0) is 18.4 Å². The fourth-order valence-electron chi connectivity index (χ4n) is 3.02. The summed E-state index contributed by atoms with van der Waals surface area (Å²) in [4.78, 5) is 0. The first-order chi connectivity index (χ1) is 7.21. The van der Waals surface area contributed by atoms with Crippen LogP contribution in [-0.4, -0.2) is 5.11 Å². The first-order valence-corrected chi connectivity index (χ1v) is 5.84. The van der Waals surface area contributed by atoms with Crippen molar-refractivity contribution in [3.63, 3.8) is 0 Å². The van der Waals surface area contributed by atoms with Crippen molar-refractivity contribution in [1.29, 1.82) is 0 Å². The zero-order chi connectivity index (χ0) is 10.5. The molecule has 2 aliphatic carbocycles. The predicted octanol–water partition coefficient (Wildman–Crippen LogP) is 2.22. The highest BCUT2D eigenvalue weighted by molar-refractivity contribution is 5.51. The highest BCUT2D eigenvalue weighted by Gasteiger charge is 2.39. The summed E-state index contributed by atoms with van der Waals surface area (Å²) in [5, 5.41) is 10.00. The van der Waals surface area contributed by atoms with E-state index in [0.29, 0.717) is 5.75 Å². The van der Waals surface area contributed by atoms with Gasteiger partial charge in [0.1, 0.15) is 5.75 Å². The van der Waals surface area contributed by atoms with E-state index >= 15 is 0 Å². The van der Waals surface area contributed by atoms with Crippen LogP contribution in [0.25, 0.3) is 0 Å². The van der Waals surface area contributed by atoms with E-state index in [0.717, 1.165) is 31.2 Å². The molecule has 15 heavy (non-hydrogen) atoms. The molecule has 0 unspecified atom stereocenters. The molecule has 0 heterocycles. The molecule has 0 aliphatic heterocycles. The minimum Gasteiger partial charge on any atom is -0.508 e. The first-order valence-electron chi connectivity index (χ1n) is 5.84. The monoisotopic (exact) mass is 203 g/mol. The maximum absolute atomic E-state index is 10.00. The number of aryl methyl sites for hydroxylation is 1. The van der Waals surface area contributed by atoms with E-state index in [2.05, 4.69) is 6.07 Å². The van der Waals surface area contributed by atoms with Crippen LogP contribution in [0.2, 0.25) is 0 Å². The van der Waals surface area contributed by atoms with Crippen molar-refractivity contribution in [3.8, 4) is 5.75 Å². The largest absolute Gasteiger partial charge is 0.508 e. The SMILES string of the molecule is NC1(c2c(O)ccc3c2CCC3)CCC1. The van der Waals surface area contributed by atoms with Crippen molar-refractivity contribution in [2.45, 2.75) is 44.1 Å². The van der Waals surface area contributed by atoms with Gasteiger partial charge in [-0.2, -0.15) is 0 Å². The van der Waals surface area contributed by atoms with Crippen LogP contribution in [0.5, 0.6) is 5.75 Å². The van der Waals surface area contributed by atoms with Crippen molar-refractivity contribution in [2.24, 2.45) is 5.73 Å². The highest BCUT2D eigenvalue weighted by atomic mass is 16.3. The molecule has 1 saturated carbocycles. The lowest BCUT2D eigenvalue weighted by atomic mass is 9.70. The zero-order valence-electron chi connectivity index (χ0n) is 8.92. The molecule has 0 bridgehead atoms. The molecule has 0 amide bonds. The Kier molecular flexibility index (Phi) is 1.84. The van der Waals surface area contributed by atoms with E-state index in [1.54, 1.807) is 0 Å². The van der Waals surface area contributed by atoms with E-state index in [9.17, 15) is 5.11 Å². The molecule has 1 aromatic rings. The van der Waals surface area contributed by atoms with Gasteiger partial charge in [-0.1, -0.05) is 6.07 Å². The van der Waals surface area contributed by atoms with Gasteiger partial charge in [-0.05, 0) is 55.7 Å². The third-order valence-electron chi connectivity index (χ3n) is 4.00. The van der Waals surface area contributed by atoms with Crippen LogP contribution in [0.3, 0.4) is 0 Å². The molecule has 2 aliphatic rings. The fraction of sp³-hybridized carbons (Fsp3) is 0.538. The molecule has 0 spiro atoms. The molecular formula is C13H17NO. The van der Waals surface area contributed by atoms with Crippen LogP contribution < -0.4 is 5.73 Å². The number of hydrogen-bond acceptors (Lipinski definition) is 2. The van der Waals surface area contributed by atoms with E-state index < -0.39 is 0 Å². The molecule has 80 valence electrons. The third-order valence-corrected chi connectivity index (χ3v) is 4.00. The average Bonchev–Trinajstić information content (AvgIpc) is 2.62. The summed E-state index contributed by atoms with van der Waals surface area (Å²) in [6.45, 7) is 0. The first kappa shape index (κ1) is 9.22. The summed E-state index contributed by atoms with van der Waals surface area (Å²) in [6, 6.07) is 3.88. The predicted molar refractivity (Wildman–Crippen MR) is 59.8 cm³/mol. The Hall–Kier alpha value is -1.02. The lowest BCUT2D eigenvalue weighted by Crippen LogP contribution is -2.44. The summed E-state index contributed by atoms with van der Waals surface area (Å²) < 4.78 is 0. The topological polar surface area (TPSA) is 46.2 Å². The number of fused-ring (bicyclic) bond motifs is 1. The quantitative estimate of drug-likeness (QED) is 0.735. The van der Waals surface area contributed by atoms with Gasteiger partial charge in [0.05, 0.1) is 0 Å².